The highest BCUT2D eigenvalue weighted by Gasteiger charge is 2.21. The summed E-state index contributed by atoms with van der Waals surface area (Å²) in [5.41, 5.74) is 0.477. The van der Waals surface area contributed by atoms with Gasteiger partial charge in [0.05, 0.1) is 5.56 Å². The topological polar surface area (TPSA) is 32.3 Å². The molecule has 0 radical (unpaired) electrons. The Labute approximate surface area is 146 Å². The Balaban J connectivity index is 1.66. The zero-order valence-electron chi connectivity index (χ0n) is 13.9. The summed E-state index contributed by atoms with van der Waals surface area (Å²) in [5.74, 6) is 1.07. The minimum absolute atomic E-state index is 0.155. The molecule has 2 atom stereocenters. The van der Waals surface area contributed by atoms with Gasteiger partial charge in [0.25, 0.3) is 5.91 Å². The van der Waals surface area contributed by atoms with Gasteiger partial charge in [-0.1, -0.05) is 13.8 Å². The number of nitrogens with one attached hydrogen (secondary N) is 1. The van der Waals surface area contributed by atoms with E-state index in [2.05, 4.69) is 40.0 Å². The molecule has 0 aliphatic carbocycles. The monoisotopic (exact) mass is 384 g/mol. The van der Waals surface area contributed by atoms with Crippen LogP contribution in [0.25, 0.3) is 0 Å². The Morgan fingerprint density at radius 2 is 2.00 bits per heavy atom. The molecule has 23 heavy (non-hydrogen) atoms. The number of likely N-dealkylation sites (tertiary alicyclic amines) is 1. The van der Waals surface area contributed by atoms with Crippen LogP contribution in [0.5, 0.6) is 0 Å². The van der Waals surface area contributed by atoms with Gasteiger partial charge in [0.15, 0.2) is 0 Å². The first-order valence-corrected chi connectivity index (χ1v) is 9.20. The van der Waals surface area contributed by atoms with Crippen LogP contribution in [-0.4, -0.2) is 37.0 Å². The molecule has 0 spiro atoms. The number of halogens is 2. The van der Waals surface area contributed by atoms with Gasteiger partial charge in [-0.05, 0) is 71.8 Å². The van der Waals surface area contributed by atoms with Crippen molar-refractivity contribution in [1.29, 1.82) is 0 Å². The zero-order chi connectivity index (χ0) is 16.8. The molecule has 128 valence electrons. The number of hydrogen-bond donors (Lipinski definition) is 1. The van der Waals surface area contributed by atoms with Crippen LogP contribution in [0.15, 0.2) is 22.7 Å². The van der Waals surface area contributed by atoms with Crippen molar-refractivity contribution in [3.63, 3.8) is 0 Å². The third-order valence-corrected chi connectivity index (χ3v) is 4.96. The van der Waals surface area contributed by atoms with E-state index in [1.165, 1.54) is 37.7 Å². The predicted octanol–water partition coefficient (Wildman–Crippen LogP) is 4.08. The maximum atomic E-state index is 13.0. The zero-order valence-corrected chi connectivity index (χ0v) is 15.5. The molecule has 1 N–H and O–H groups in total. The Morgan fingerprint density at radius 3 is 2.65 bits per heavy atom. The van der Waals surface area contributed by atoms with E-state index in [0.29, 0.717) is 16.6 Å². The summed E-state index contributed by atoms with van der Waals surface area (Å²) in [4.78, 5) is 14.6. The molecule has 1 aromatic carbocycles. The molecular weight excluding hydrogens is 359 g/mol. The lowest BCUT2D eigenvalue weighted by Gasteiger charge is -2.34. The van der Waals surface area contributed by atoms with Crippen molar-refractivity contribution < 1.29 is 9.18 Å². The summed E-state index contributed by atoms with van der Waals surface area (Å²) in [6.07, 6.45) is 3.38. The summed E-state index contributed by atoms with van der Waals surface area (Å²) in [6.45, 7) is 8.79. The lowest BCUT2D eigenvalue weighted by molar-refractivity contribution is 0.0951. The molecule has 1 aromatic rings. The molecule has 1 aliphatic heterocycles. The van der Waals surface area contributed by atoms with E-state index in [4.69, 9.17) is 0 Å². The molecule has 5 heteroatoms. The summed E-state index contributed by atoms with van der Waals surface area (Å²) in [6, 6.07) is 4.12. The van der Waals surface area contributed by atoms with Crippen LogP contribution < -0.4 is 5.32 Å². The highest BCUT2D eigenvalue weighted by atomic mass is 79.9. The molecule has 1 saturated heterocycles. The lowest BCUT2D eigenvalue weighted by Crippen LogP contribution is -2.39. The molecule has 0 aromatic heterocycles. The number of unbranched alkanes of at least 4 members (excludes halogenated alkanes) is 1. The van der Waals surface area contributed by atoms with Gasteiger partial charge in [0.2, 0.25) is 0 Å². The van der Waals surface area contributed by atoms with Crippen LogP contribution in [0.3, 0.4) is 0 Å². The van der Waals surface area contributed by atoms with Gasteiger partial charge in [-0.25, -0.2) is 4.39 Å². The third kappa shape index (κ3) is 5.88. The largest absolute Gasteiger partial charge is 0.352 e. The van der Waals surface area contributed by atoms with Crippen LogP contribution in [-0.2, 0) is 0 Å². The number of benzene rings is 1. The van der Waals surface area contributed by atoms with E-state index >= 15 is 0 Å². The van der Waals surface area contributed by atoms with Crippen molar-refractivity contribution >= 4 is 21.8 Å². The van der Waals surface area contributed by atoms with Crippen LogP contribution in [0.1, 0.15) is 43.5 Å². The fourth-order valence-corrected chi connectivity index (χ4v) is 3.94. The first-order valence-electron chi connectivity index (χ1n) is 8.41. The van der Waals surface area contributed by atoms with Gasteiger partial charge < -0.3 is 10.2 Å². The highest BCUT2D eigenvalue weighted by Crippen LogP contribution is 2.21. The minimum Gasteiger partial charge on any atom is -0.352 e. The van der Waals surface area contributed by atoms with Crippen LogP contribution in [0, 0.1) is 17.7 Å². The smallest absolute Gasteiger partial charge is 0.252 e. The van der Waals surface area contributed by atoms with Crippen molar-refractivity contribution in [2.45, 2.75) is 33.1 Å². The van der Waals surface area contributed by atoms with Crippen molar-refractivity contribution in [2.24, 2.45) is 11.8 Å². The molecule has 1 amide bonds. The maximum Gasteiger partial charge on any atom is 0.252 e. The number of nitrogens with zero attached hydrogens (tertiary/aromatic N) is 1. The number of piperidine rings is 1. The standard InChI is InChI=1S/C18H26BrFN2O/c1-13-9-14(2)12-22(11-13)8-4-3-7-21-18(23)16-6-5-15(20)10-17(16)19/h5-6,10,13-14H,3-4,7-9,11-12H2,1-2H3,(H,21,23)/t13-,14-/m1/s1. The molecule has 0 bridgehead atoms. The van der Waals surface area contributed by atoms with Gasteiger partial charge in [-0.3, -0.25) is 4.79 Å². The molecule has 1 aliphatic rings. The van der Waals surface area contributed by atoms with E-state index in [0.717, 1.165) is 31.2 Å². The maximum absolute atomic E-state index is 13.0. The summed E-state index contributed by atoms with van der Waals surface area (Å²) in [7, 11) is 0. The van der Waals surface area contributed by atoms with E-state index in [-0.39, 0.29) is 11.7 Å². The summed E-state index contributed by atoms with van der Waals surface area (Å²) in [5, 5.41) is 2.90. The van der Waals surface area contributed by atoms with Gasteiger partial charge in [-0.2, -0.15) is 0 Å². The Kier molecular flexibility index (Phi) is 7.03. The van der Waals surface area contributed by atoms with E-state index in [9.17, 15) is 9.18 Å². The predicted molar refractivity (Wildman–Crippen MR) is 95.1 cm³/mol. The van der Waals surface area contributed by atoms with Crippen LogP contribution in [0.2, 0.25) is 0 Å². The first kappa shape index (κ1) is 18.4. The van der Waals surface area contributed by atoms with Gasteiger partial charge in [-0.15, -0.1) is 0 Å². The molecule has 0 saturated carbocycles. The Hall–Kier alpha value is -0.940. The van der Waals surface area contributed by atoms with Crippen molar-refractivity contribution in [2.75, 3.05) is 26.2 Å². The van der Waals surface area contributed by atoms with Gasteiger partial charge >= 0.3 is 0 Å². The summed E-state index contributed by atoms with van der Waals surface area (Å²) >= 11 is 3.23. The van der Waals surface area contributed by atoms with E-state index in [1.807, 2.05) is 0 Å². The molecule has 1 heterocycles. The number of hydrogen-bond acceptors (Lipinski definition) is 2. The quantitative estimate of drug-likeness (QED) is 0.749. The SMILES string of the molecule is C[C@@H]1C[C@@H](C)CN(CCCCNC(=O)c2ccc(F)cc2Br)C1. The Bertz CT molecular complexity index is 528. The minimum atomic E-state index is -0.349. The number of carbonyl (C=O) groups is 1. The van der Waals surface area contributed by atoms with Crippen molar-refractivity contribution in [3.8, 4) is 0 Å². The number of amides is 1. The van der Waals surface area contributed by atoms with E-state index < -0.39 is 0 Å². The summed E-state index contributed by atoms with van der Waals surface area (Å²) < 4.78 is 13.5. The van der Waals surface area contributed by atoms with E-state index in [1.54, 1.807) is 0 Å². The molecule has 3 nitrogen and oxygen atoms in total. The molecule has 0 unspecified atom stereocenters. The second kappa shape index (κ2) is 8.78. The lowest BCUT2D eigenvalue weighted by atomic mass is 9.92. The second-order valence-electron chi connectivity index (χ2n) is 6.79. The second-order valence-corrected chi connectivity index (χ2v) is 7.65. The third-order valence-electron chi connectivity index (χ3n) is 4.31. The fraction of sp³-hybridized carbons (Fsp3) is 0.611. The average Bonchev–Trinajstić information content (AvgIpc) is 2.45. The normalized spacial score (nSPS) is 22.1. The molecule has 2 rings (SSSR count). The fourth-order valence-electron chi connectivity index (χ4n) is 3.41. The molecule has 1 fully saturated rings. The number of carbonyl (C=O) groups excluding carboxylic acids is 1. The van der Waals surface area contributed by atoms with Gasteiger partial charge in [0.1, 0.15) is 5.82 Å². The van der Waals surface area contributed by atoms with Crippen molar-refractivity contribution in [3.05, 3.63) is 34.1 Å². The van der Waals surface area contributed by atoms with Gasteiger partial charge in [0, 0.05) is 24.1 Å². The highest BCUT2D eigenvalue weighted by molar-refractivity contribution is 9.10. The average molecular weight is 385 g/mol. The van der Waals surface area contributed by atoms with Crippen LogP contribution >= 0.6 is 15.9 Å². The van der Waals surface area contributed by atoms with Crippen LogP contribution in [0.4, 0.5) is 4.39 Å². The molecular formula is C18H26BrFN2O. The van der Waals surface area contributed by atoms with Crippen molar-refractivity contribution in [1.82, 2.24) is 10.2 Å². The Morgan fingerprint density at radius 1 is 1.30 bits per heavy atom. The first-order chi connectivity index (χ1) is 11.0. The number of rotatable bonds is 6.